The summed E-state index contributed by atoms with van der Waals surface area (Å²) in [5.74, 6) is -2.48. The van der Waals surface area contributed by atoms with Gasteiger partial charge in [0, 0.05) is 0 Å². The van der Waals surface area contributed by atoms with Gasteiger partial charge in [-0.1, -0.05) is 12.1 Å². The minimum Gasteiger partial charge on any atom is -0.394 e. The third kappa shape index (κ3) is 3.09. The maximum atomic E-state index is 14.0. The SMILES string of the molecule is Nc1ncnc2c1ncn2[C@]1(S(=O)(=O)NC(=O)c2ccccc2F)O[C@H](CO)[C@@H](O)[C@H]1O. The second kappa shape index (κ2) is 7.72. The van der Waals surface area contributed by atoms with E-state index in [1.165, 1.54) is 12.1 Å². The van der Waals surface area contributed by atoms with Crippen molar-refractivity contribution in [2.45, 2.75) is 23.4 Å². The predicted octanol–water partition coefficient (Wildman–Crippen LogP) is -1.97. The third-order valence-electron chi connectivity index (χ3n) is 5.01. The Kier molecular flexibility index (Phi) is 5.30. The molecule has 4 rings (SSSR count). The van der Waals surface area contributed by atoms with Crippen LogP contribution in [0.25, 0.3) is 11.2 Å². The van der Waals surface area contributed by atoms with Crippen molar-refractivity contribution in [1.29, 1.82) is 0 Å². The molecule has 1 aromatic carbocycles. The van der Waals surface area contributed by atoms with E-state index in [2.05, 4.69) is 15.0 Å². The minimum atomic E-state index is -5.13. The number of nitrogen functional groups attached to an aromatic ring is 1. The fourth-order valence-corrected chi connectivity index (χ4v) is 5.05. The van der Waals surface area contributed by atoms with Gasteiger partial charge >= 0.3 is 5.06 Å². The molecule has 0 radical (unpaired) electrons. The standard InChI is InChI=1S/C17H17FN6O7S/c18-9-4-2-1-3-8(9)16(28)23-32(29,30)17(13(27)12(26)10(5-25)31-17)24-7-22-11-14(19)20-6-21-15(11)24/h1-4,6-7,10,12-13,25-27H,5H2,(H,23,28)(H2,19,20,21)/t10-,12-,13-,17+/m1/s1. The Hall–Kier alpha value is -3.24. The summed E-state index contributed by atoms with van der Waals surface area (Å²) >= 11 is 0. The molecule has 0 bridgehead atoms. The molecule has 13 nitrogen and oxygen atoms in total. The molecule has 0 aliphatic carbocycles. The van der Waals surface area contributed by atoms with Crippen LogP contribution in [0.15, 0.2) is 36.9 Å². The Morgan fingerprint density at radius 1 is 1.28 bits per heavy atom. The molecule has 1 fully saturated rings. The molecule has 0 spiro atoms. The van der Waals surface area contributed by atoms with E-state index >= 15 is 0 Å². The van der Waals surface area contributed by atoms with E-state index in [9.17, 15) is 32.9 Å². The molecule has 3 aromatic rings. The van der Waals surface area contributed by atoms with E-state index in [0.717, 1.165) is 29.4 Å². The minimum absolute atomic E-state index is 0.0553. The summed E-state index contributed by atoms with van der Waals surface area (Å²) in [5, 5.41) is 27.7. The summed E-state index contributed by atoms with van der Waals surface area (Å²) in [4.78, 5) is 24.1. The van der Waals surface area contributed by atoms with Gasteiger partial charge in [-0.05, 0) is 12.1 Å². The number of hydrogen-bond acceptors (Lipinski definition) is 11. The Bertz CT molecular complexity index is 1300. The highest BCUT2D eigenvalue weighted by Gasteiger charge is 2.65. The summed E-state index contributed by atoms with van der Waals surface area (Å²) in [5.41, 5.74) is 4.86. The predicted molar refractivity (Wildman–Crippen MR) is 104 cm³/mol. The van der Waals surface area contributed by atoms with Crippen LogP contribution in [-0.2, 0) is 19.8 Å². The molecule has 4 atom stereocenters. The topological polar surface area (TPSA) is 203 Å². The number of nitrogens with one attached hydrogen (secondary N) is 1. The molecule has 3 heterocycles. The van der Waals surface area contributed by atoms with Gasteiger partial charge in [0.2, 0.25) is 0 Å². The molecule has 170 valence electrons. The van der Waals surface area contributed by atoms with Gasteiger partial charge in [0.25, 0.3) is 15.9 Å². The fourth-order valence-electron chi connectivity index (χ4n) is 3.45. The number of nitrogens with zero attached hydrogens (tertiary/aromatic N) is 4. The van der Waals surface area contributed by atoms with E-state index < -0.39 is 57.3 Å². The average molecular weight is 468 g/mol. The first-order chi connectivity index (χ1) is 15.1. The molecule has 0 unspecified atom stereocenters. The average Bonchev–Trinajstić information content (AvgIpc) is 3.29. The number of aromatic nitrogens is 4. The van der Waals surface area contributed by atoms with Crippen LogP contribution in [0.1, 0.15) is 10.4 Å². The molecular formula is C17H17FN6O7S. The number of aliphatic hydroxyl groups is 3. The van der Waals surface area contributed by atoms with Crippen LogP contribution in [0.5, 0.6) is 0 Å². The first-order valence-electron chi connectivity index (χ1n) is 9.04. The van der Waals surface area contributed by atoms with E-state index in [4.69, 9.17) is 10.5 Å². The van der Waals surface area contributed by atoms with Crippen LogP contribution in [0.2, 0.25) is 0 Å². The number of hydrogen-bond donors (Lipinski definition) is 5. The van der Waals surface area contributed by atoms with Crippen LogP contribution in [-0.4, -0.2) is 74.1 Å². The monoisotopic (exact) mass is 468 g/mol. The third-order valence-corrected chi connectivity index (χ3v) is 6.77. The summed E-state index contributed by atoms with van der Waals surface area (Å²) in [6, 6.07) is 4.61. The largest absolute Gasteiger partial charge is 0.394 e. The number of nitrogens with two attached hydrogens (primary N) is 1. The van der Waals surface area contributed by atoms with Crippen molar-refractivity contribution >= 4 is 32.9 Å². The molecule has 6 N–H and O–H groups in total. The Morgan fingerprint density at radius 2 is 2.00 bits per heavy atom. The number of anilines is 1. The summed E-state index contributed by atoms with van der Waals surface area (Å²) < 4.78 is 48.7. The van der Waals surface area contributed by atoms with Crippen molar-refractivity contribution in [1.82, 2.24) is 24.2 Å². The van der Waals surface area contributed by atoms with Crippen molar-refractivity contribution in [2.75, 3.05) is 12.3 Å². The number of sulfonamides is 1. The van der Waals surface area contributed by atoms with Crippen LogP contribution in [0, 0.1) is 5.82 Å². The van der Waals surface area contributed by atoms with E-state index in [-0.39, 0.29) is 17.0 Å². The quantitative estimate of drug-likeness (QED) is 0.278. The summed E-state index contributed by atoms with van der Waals surface area (Å²) in [6.45, 7) is -0.874. The van der Waals surface area contributed by atoms with Gasteiger partial charge < -0.3 is 25.8 Å². The van der Waals surface area contributed by atoms with Crippen LogP contribution in [0.3, 0.4) is 0 Å². The second-order valence-corrected chi connectivity index (χ2v) is 8.66. The van der Waals surface area contributed by atoms with Gasteiger partial charge in [-0.15, -0.1) is 0 Å². The lowest BCUT2D eigenvalue weighted by molar-refractivity contribution is -0.0847. The zero-order valence-corrected chi connectivity index (χ0v) is 16.8. The van der Waals surface area contributed by atoms with Crippen LogP contribution in [0.4, 0.5) is 10.2 Å². The van der Waals surface area contributed by atoms with E-state index in [1.807, 2.05) is 0 Å². The number of fused-ring (bicyclic) bond motifs is 1. The van der Waals surface area contributed by atoms with Crippen molar-refractivity contribution < 1.29 is 37.7 Å². The number of ether oxygens (including phenoxy) is 1. The van der Waals surface area contributed by atoms with Gasteiger partial charge in [0.1, 0.15) is 42.3 Å². The molecule has 1 aliphatic rings. The Balaban J connectivity index is 1.89. The maximum Gasteiger partial charge on any atom is 0.300 e. The zero-order valence-electron chi connectivity index (χ0n) is 16.0. The van der Waals surface area contributed by atoms with Crippen molar-refractivity contribution in [3.8, 4) is 0 Å². The zero-order chi connectivity index (χ0) is 23.3. The smallest absolute Gasteiger partial charge is 0.300 e. The molecule has 1 saturated heterocycles. The molecule has 2 aromatic heterocycles. The highest BCUT2D eigenvalue weighted by atomic mass is 32.2. The molecule has 15 heteroatoms. The lowest BCUT2D eigenvalue weighted by atomic mass is 10.1. The first kappa shape index (κ1) is 22.0. The number of amides is 1. The normalized spacial score (nSPS) is 25.8. The Morgan fingerprint density at radius 3 is 2.66 bits per heavy atom. The van der Waals surface area contributed by atoms with Gasteiger partial charge in [-0.3, -0.25) is 9.36 Å². The number of rotatable bonds is 5. The summed E-state index contributed by atoms with van der Waals surface area (Å²) in [6.07, 6.45) is -3.80. The number of carbonyl (C=O) groups is 1. The van der Waals surface area contributed by atoms with Gasteiger partial charge in [-0.2, -0.15) is 0 Å². The highest BCUT2D eigenvalue weighted by molar-refractivity contribution is 7.90. The molecule has 32 heavy (non-hydrogen) atoms. The number of imidazole rings is 1. The number of benzene rings is 1. The Labute approximate surface area is 179 Å². The summed E-state index contributed by atoms with van der Waals surface area (Å²) in [7, 11) is -5.13. The van der Waals surface area contributed by atoms with Gasteiger partial charge in [0.05, 0.1) is 12.2 Å². The molecule has 1 amide bonds. The highest BCUT2D eigenvalue weighted by Crippen LogP contribution is 2.41. The second-order valence-electron chi connectivity index (χ2n) is 6.87. The van der Waals surface area contributed by atoms with Crippen molar-refractivity contribution in [3.05, 3.63) is 48.3 Å². The molecule has 0 saturated carbocycles. The fraction of sp³-hybridized carbons (Fsp3) is 0.294. The van der Waals surface area contributed by atoms with Crippen molar-refractivity contribution in [2.24, 2.45) is 0 Å². The van der Waals surface area contributed by atoms with Crippen molar-refractivity contribution in [3.63, 3.8) is 0 Å². The van der Waals surface area contributed by atoms with Gasteiger partial charge in [-0.25, -0.2) is 32.5 Å². The number of carbonyl (C=O) groups excluding carboxylic acids is 1. The molecular weight excluding hydrogens is 451 g/mol. The van der Waals surface area contributed by atoms with Crippen LogP contribution < -0.4 is 10.5 Å². The first-order valence-corrected chi connectivity index (χ1v) is 10.5. The van der Waals surface area contributed by atoms with E-state index in [1.54, 1.807) is 4.72 Å². The number of halogens is 1. The molecule has 1 aliphatic heterocycles. The van der Waals surface area contributed by atoms with Crippen LogP contribution >= 0.6 is 0 Å². The lowest BCUT2D eigenvalue weighted by Gasteiger charge is -2.32. The van der Waals surface area contributed by atoms with Gasteiger partial charge in [0.15, 0.2) is 11.5 Å². The number of aliphatic hydroxyl groups excluding tert-OH is 3. The van der Waals surface area contributed by atoms with E-state index in [0.29, 0.717) is 0 Å². The lowest BCUT2D eigenvalue weighted by Crippen LogP contribution is -2.57. The maximum absolute atomic E-state index is 14.0.